The molecule has 0 aliphatic rings. The molecule has 1 amide bonds. The van der Waals surface area contributed by atoms with Crippen LogP contribution in [0, 0.1) is 10.1 Å². The number of nitrogens with one attached hydrogen (secondary N) is 1. The molecule has 2 aromatic heterocycles. The van der Waals surface area contributed by atoms with Crippen molar-refractivity contribution in [3.63, 3.8) is 0 Å². The van der Waals surface area contributed by atoms with Gasteiger partial charge in [0.2, 0.25) is 5.91 Å². The summed E-state index contributed by atoms with van der Waals surface area (Å²) in [5.74, 6) is -0.378. The molecule has 0 radical (unpaired) electrons. The molecule has 1 aromatic carbocycles. The van der Waals surface area contributed by atoms with Crippen molar-refractivity contribution in [2.24, 2.45) is 0 Å². The summed E-state index contributed by atoms with van der Waals surface area (Å²) >= 11 is 0. The summed E-state index contributed by atoms with van der Waals surface area (Å²) < 4.78 is 1.84. The third-order valence-electron chi connectivity index (χ3n) is 3.18. The number of anilines is 1. The van der Waals surface area contributed by atoms with Crippen molar-refractivity contribution in [1.29, 1.82) is 0 Å². The molecule has 0 fully saturated rings. The number of nitrogens with zero attached hydrogens (tertiary/aromatic N) is 3. The third-order valence-corrected chi connectivity index (χ3v) is 3.18. The highest BCUT2D eigenvalue weighted by Crippen LogP contribution is 2.17. The number of hydrogen-bond acceptors (Lipinski definition) is 4. The first-order chi connectivity index (χ1) is 11.1. The SMILES string of the molecule is O=C(/C=C/c1cnc2ccccn12)Nc1cccc([N+](=O)[O-])c1. The molecule has 0 saturated heterocycles. The van der Waals surface area contributed by atoms with E-state index in [0.717, 1.165) is 11.3 Å². The Bertz CT molecular complexity index is 914. The van der Waals surface area contributed by atoms with Crippen molar-refractivity contribution >= 4 is 29.0 Å². The summed E-state index contributed by atoms with van der Waals surface area (Å²) in [7, 11) is 0. The summed E-state index contributed by atoms with van der Waals surface area (Å²) in [5.41, 5.74) is 1.83. The second-order valence-corrected chi connectivity index (χ2v) is 4.74. The Balaban J connectivity index is 1.74. The molecule has 0 saturated carbocycles. The first kappa shape index (κ1) is 14.5. The summed E-state index contributed by atoms with van der Waals surface area (Å²) in [5, 5.41) is 13.3. The van der Waals surface area contributed by atoms with Gasteiger partial charge in [0.25, 0.3) is 5.69 Å². The van der Waals surface area contributed by atoms with Gasteiger partial charge in [-0.25, -0.2) is 4.98 Å². The van der Waals surface area contributed by atoms with Gasteiger partial charge in [0.05, 0.1) is 16.8 Å². The maximum Gasteiger partial charge on any atom is 0.271 e. The van der Waals surface area contributed by atoms with Crippen LogP contribution in [0.15, 0.2) is 60.9 Å². The predicted molar refractivity (Wildman–Crippen MR) is 86.0 cm³/mol. The molecular formula is C16H12N4O3. The molecule has 23 heavy (non-hydrogen) atoms. The van der Waals surface area contributed by atoms with Gasteiger partial charge in [-0.3, -0.25) is 14.9 Å². The van der Waals surface area contributed by atoms with Crippen LogP contribution < -0.4 is 5.32 Å². The Labute approximate surface area is 131 Å². The molecule has 0 aliphatic heterocycles. The average Bonchev–Trinajstić information content (AvgIpc) is 2.96. The van der Waals surface area contributed by atoms with Gasteiger partial charge in [0.1, 0.15) is 5.65 Å². The maximum atomic E-state index is 11.9. The van der Waals surface area contributed by atoms with Crippen molar-refractivity contribution in [2.75, 3.05) is 5.32 Å². The van der Waals surface area contributed by atoms with Gasteiger partial charge in [-0.05, 0) is 24.3 Å². The molecule has 0 aliphatic carbocycles. The van der Waals surface area contributed by atoms with Crippen LogP contribution in [-0.4, -0.2) is 20.2 Å². The van der Waals surface area contributed by atoms with Gasteiger partial charge in [-0.2, -0.15) is 0 Å². The van der Waals surface area contributed by atoms with Crippen molar-refractivity contribution in [2.45, 2.75) is 0 Å². The zero-order valence-corrected chi connectivity index (χ0v) is 11.9. The predicted octanol–water partition coefficient (Wildman–Crippen LogP) is 2.89. The first-order valence-electron chi connectivity index (χ1n) is 6.79. The smallest absolute Gasteiger partial charge is 0.271 e. The topological polar surface area (TPSA) is 89.5 Å². The highest BCUT2D eigenvalue weighted by molar-refractivity contribution is 6.02. The Morgan fingerprint density at radius 1 is 1.26 bits per heavy atom. The molecule has 3 rings (SSSR count). The summed E-state index contributed by atoms with van der Waals surface area (Å²) in [6.07, 6.45) is 6.49. The lowest BCUT2D eigenvalue weighted by atomic mass is 10.3. The highest BCUT2D eigenvalue weighted by atomic mass is 16.6. The second-order valence-electron chi connectivity index (χ2n) is 4.74. The van der Waals surface area contributed by atoms with E-state index in [2.05, 4.69) is 10.3 Å². The number of carbonyl (C=O) groups excluding carboxylic acids is 1. The van der Waals surface area contributed by atoms with Crippen LogP contribution in [0.25, 0.3) is 11.7 Å². The van der Waals surface area contributed by atoms with E-state index in [1.807, 2.05) is 28.8 Å². The number of amides is 1. The van der Waals surface area contributed by atoms with Gasteiger partial charge in [0, 0.05) is 30.1 Å². The van der Waals surface area contributed by atoms with E-state index in [4.69, 9.17) is 0 Å². The van der Waals surface area contributed by atoms with Crippen LogP contribution in [0.4, 0.5) is 11.4 Å². The van der Waals surface area contributed by atoms with E-state index in [-0.39, 0.29) is 11.6 Å². The lowest BCUT2D eigenvalue weighted by molar-refractivity contribution is -0.384. The van der Waals surface area contributed by atoms with E-state index >= 15 is 0 Å². The van der Waals surface area contributed by atoms with Crippen LogP contribution in [0.2, 0.25) is 0 Å². The fourth-order valence-electron chi connectivity index (χ4n) is 2.12. The Kier molecular flexibility index (Phi) is 3.84. The van der Waals surface area contributed by atoms with Crippen LogP contribution in [0.3, 0.4) is 0 Å². The van der Waals surface area contributed by atoms with Crippen LogP contribution >= 0.6 is 0 Å². The van der Waals surface area contributed by atoms with Crippen molar-refractivity contribution < 1.29 is 9.72 Å². The molecule has 0 spiro atoms. The molecule has 0 bridgehead atoms. The standard InChI is InChI=1S/C16H12N4O3/c21-16(18-12-4-3-5-13(10-12)20(22)23)8-7-14-11-17-15-6-1-2-9-19(14)15/h1-11H,(H,18,21)/b8-7+. The third kappa shape index (κ3) is 3.24. The number of hydrogen-bond donors (Lipinski definition) is 1. The van der Waals surface area contributed by atoms with Gasteiger partial charge in [0.15, 0.2) is 0 Å². The van der Waals surface area contributed by atoms with Gasteiger partial charge in [-0.15, -0.1) is 0 Å². The van der Waals surface area contributed by atoms with E-state index < -0.39 is 4.92 Å². The molecule has 0 atom stereocenters. The fourth-order valence-corrected chi connectivity index (χ4v) is 2.12. The minimum Gasteiger partial charge on any atom is -0.322 e. The van der Waals surface area contributed by atoms with Gasteiger partial charge in [-0.1, -0.05) is 12.1 Å². The van der Waals surface area contributed by atoms with Gasteiger partial charge >= 0.3 is 0 Å². The molecular weight excluding hydrogens is 296 g/mol. The number of nitro groups is 1. The second kappa shape index (κ2) is 6.10. The lowest BCUT2D eigenvalue weighted by Crippen LogP contribution is -2.07. The van der Waals surface area contributed by atoms with E-state index in [1.54, 1.807) is 18.3 Å². The molecule has 3 aromatic rings. The minimum atomic E-state index is -0.510. The Morgan fingerprint density at radius 2 is 2.13 bits per heavy atom. The zero-order chi connectivity index (χ0) is 16.2. The number of non-ortho nitro benzene ring substituents is 1. The quantitative estimate of drug-likeness (QED) is 0.456. The number of pyridine rings is 1. The van der Waals surface area contributed by atoms with Crippen molar-refractivity contribution in [1.82, 2.24) is 9.38 Å². The van der Waals surface area contributed by atoms with E-state index in [0.29, 0.717) is 5.69 Å². The average molecular weight is 308 g/mol. The fraction of sp³-hybridized carbons (Fsp3) is 0. The molecule has 7 heteroatoms. The zero-order valence-electron chi connectivity index (χ0n) is 11.9. The molecule has 1 N–H and O–H groups in total. The van der Waals surface area contributed by atoms with Crippen LogP contribution in [-0.2, 0) is 4.79 Å². The molecule has 2 heterocycles. The van der Waals surface area contributed by atoms with Crippen molar-refractivity contribution in [3.05, 3.63) is 76.7 Å². The Morgan fingerprint density at radius 3 is 2.96 bits per heavy atom. The minimum absolute atomic E-state index is 0.0754. The van der Waals surface area contributed by atoms with E-state index in [9.17, 15) is 14.9 Å². The van der Waals surface area contributed by atoms with Crippen LogP contribution in [0.5, 0.6) is 0 Å². The normalized spacial score (nSPS) is 11.0. The summed E-state index contributed by atoms with van der Waals surface area (Å²) in [4.78, 5) is 26.3. The number of imidazole rings is 1. The van der Waals surface area contributed by atoms with Crippen LogP contribution in [0.1, 0.15) is 5.69 Å². The number of aromatic nitrogens is 2. The molecule has 0 unspecified atom stereocenters. The van der Waals surface area contributed by atoms with Crippen molar-refractivity contribution in [3.8, 4) is 0 Å². The number of rotatable bonds is 4. The number of benzene rings is 1. The highest BCUT2D eigenvalue weighted by Gasteiger charge is 2.07. The lowest BCUT2D eigenvalue weighted by Gasteiger charge is -2.01. The molecule has 7 nitrogen and oxygen atoms in total. The largest absolute Gasteiger partial charge is 0.322 e. The molecule has 114 valence electrons. The summed E-state index contributed by atoms with van der Waals surface area (Å²) in [6.45, 7) is 0. The number of fused-ring (bicyclic) bond motifs is 1. The monoisotopic (exact) mass is 308 g/mol. The maximum absolute atomic E-state index is 11.9. The van der Waals surface area contributed by atoms with E-state index in [1.165, 1.54) is 24.3 Å². The first-order valence-corrected chi connectivity index (χ1v) is 6.79. The van der Waals surface area contributed by atoms with Gasteiger partial charge < -0.3 is 9.72 Å². The number of carbonyl (C=O) groups is 1. The number of nitro benzene ring substituents is 1. The Hall–Kier alpha value is -3.48. The summed E-state index contributed by atoms with van der Waals surface area (Å²) in [6, 6.07) is 11.4.